The zero-order valence-electron chi connectivity index (χ0n) is 10.9. The molecule has 0 heterocycles. The second-order valence-corrected chi connectivity index (χ2v) is 4.45. The number of hydrogen-bond acceptors (Lipinski definition) is 4. The first kappa shape index (κ1) is 15.3. The van der Waals surface area contributed by atoms with Crippen LogP contribution in [0.1, 0.15) is 6.92 Å². The number of methoxy groups -OCH3 is 1. The predicted molar refractivity (Wildman–Crippen MR) is 75.6 cm³/mol. The normalized spacial score (nSPS) is 10.4. The van der Waals surface area contributed by atoms with Crippen LogP contribution in [0.25, 0.3) is 0 Å². The van der Waals surface area contributed by atoms with Crippen molar-refractivity contribution in [3.8, 4) is 11.5 Å². The van der Waals surface area contributed by atoms with E-state index < -0.39 is 0 Å². The lowest BCUT2D eigenvalue weighted by Gasteiger charge is -2.10. The topological polar surface area (TPSA) is 39.7 Å². The van der Waals surface area contributed by atoms with Crippen molar-refractivity contribution in [1.29, 1.82) is 0 Å². The standard InChI is InChI=1S/C13H20BrNO3/c1-3-17-8-6-15-7-9-18-13-5-4-11(16-2)10-12(13)14/h4-5,10,15H,3,6-9H2,1-2H3. The van der Waals surface area contributed by atoms with Gasteiger partial charge in [0, 0.05) is 19.7 Å². The number of ether oxygens (including phenoxy) is 3. The lowest BCUT2D eigenvalue weighted by Crippen LogP contribution is -2.25. The van der Waals surface area contributed by atoms with E-state index in [2.05, 4.69) is 21.2 Å². The van der Waals surface area contributed by atoms with Gasteiger partial charge in [-0.15, -0.1) is 0 Å². The maximum absolute atomic E-state index is 5.64. The molecule has 1 rings (SSSR count). The van der Waals surface area contributed by atoms with Crippen LogP contribution in [0.2, 0.25) is 0 Å². The number of benzene rings is 1. The highest BCUT2D eigenvalue weighted by atomic mass is 79.9. The minimum Gasteiger partial charge on any atom is -0.497 e. The van der Waals surface area contributed by atoms with E-state index in [1.165, 1.54) is 0 Å². The Bertz CT molecular complexity index is 347. The second kappa shape index (κ2) is 9.19. The molecule has 102 valence electrons. The van der Waals surface area contributed by atoms with Gasteiger partial charge in [0.25, 0.3) is 0 Å². The van der Waals surface area contributed by atoms with Gasteiger partial charge in [-0.05, 0) is 41.1 Å². The highest BCUT2D eigenvalue weighted by Gasteiger charge is 2.02. The highest BCUT2D eigenvalue weighted by molar-refractivity contribution is 9.10. The molecule has 0 spiro atoms. The van der Waals surface area contributed by atoms with E-state index >= 15 is 0 Å². The van der Waals surface area contributed by atoms with Crippen molar-refractivity contribution in [2.24, 2.45) is 0 Å². The second-order valence-electron chi connectivity index (χ2n) is 3.59. The summed E-state index contributed by atoms with van der Waals surface area (Å²) in [5, 5.41) is 3.24. The van der Waals surface area contributed by atoms with E-state index in [0.29, 0.717) is 6.61 Å². The van der Waals surface area contributed by atoms with Gasteiger partial charge in [-0.2, -0.15) is 0 Å². The summed E-state index contributed by atoms with van der Waals surface area (Å²) in [4.78, 5) is 0. The average Bonchev–Trinajstić information content (AvgIpc) is 2.39. The quantitative estimate of drug-likeness (QED) is 0.710. The fraction of sp³-hybridized carbons (Fsp3) is 0.538. The van der Waals surface area contributed by atoms with E-state index in [-0.39, 0.29) is 0 Å². The molecule has 0 aromatic heterocycles. The molecular formula is C13H20BrNO3. The van der Waals surface area contributed by atoms with Gasteiger partial charge in [-0.1, -0.05) is 0 Å². The van der Waals surface area contributed by atoms with Crippen LogP contribution in [-0.2, 0) is 4.74 Å². The molecule has 0 aliphatic carbocycles. The fourth-order valence-electron chi connectivity index (χ4n) is 1.37. The smallest absolute Gasteiger partial charge is 0.133 e. The Morgan fingerprint density at radius 1 is 1.22 bits per heavy atom. The first-order valence-electron chi connectivity index (χ1n) is 6.02. The van der Waals surface area contributed by atoms with Crippen LogP contribution < -0.4 is 14.8 Å². The fourth-order valence-corrected chi connectivity index (χ4v) is 1.84. The molecule has 0 aliphatic heterocycles. The van der Waals surface area contributed by atoms with Crippen LogP contribution in [0.15, 0.2) is 22.7 Å². The van der Waals surface area contributed by atoms with E-state index in [4.69, 9.17) is 14.2 Å². The molecule has 0 saturated carbocycles. The van der Waals surface area contributed by atoms with Crippen molar-refractivity contribution in [1.82, 2.24) is 5.32 Å². The summed E-state index contributed by atoms with van der Waals surface area (Å²) >= 11 is 3.45. The largest absolute Gasteiger partial charge is 0.497 e. The van der Waals surface area contributed by atoms with Crippen molar-refractivity contribution in [2.75, 3.05) is 40.0 Å². The van der Waals surface area contributed by atoms with E-state index in [9.17, 15) is 0 Å². The molecule has 0 aliphatic rings. The van der Waals surface area contributed by atoms with Crippen molar-refractivity contribution < 1.29 is 14.2 Å². The van der Waals surface area contributed by atoms with Crippen LogP contribution in [0.4, 0.5) is 0 Å². The molecule has 0 amide bonds. The summed E-state index contributed by atoms with van der Waals surface area (Å²) in [5.74, 6) is 1.63. The van der Waals surface area contributed by atoms with E-state index in [1.807, 2.05) is 25.1 Å². The summed E-state index contributed by atoms with van der Waals surface area (Å²) in [6.45, 7) is 5.76. The van der Waals surface area contributed by atoms with Gasteiger partial charge in [0.15, 0.2) is 0 Å². The molecule has 1 aromatic carbocycles. The summed E-state index contributed by atoms with van der Waals surface area (Å²) in [7, 11) is 1.64. The summed E-state index contributed by atoms with van der Waals surface area (Å²) < 4.78 is 16.9. The van der Waals surface area contributed by atoms with Gasteiger partial charge < -0.3 is 19.5 Å². The van der Waals surface area contributed by atoms with Gasteiger partial charge in [0.05, 0.1) is 18.2 Å². The third-order valence-electron chi connectivity index (χ3n) is 2.30. The predicted octanol–water partition coefficient (Wildman–Crippen LogP) is 2.46. The molecule has 18 heavy (non-hydrogen) atoms. The van der Waals surface area contributed by atoms with E-state index in [1.54, 1.807) is 7.11 Å². The van der Waals surface area contributed by atoms with Crippen LogP contribution in [0.5, 0.6) is 11.5 Å². The first-order chi connectivity index (χ1) is 8.77. The van der Waals surface area contributed by atoms with Crippen LogP contribution in [0, 0.1) is 0 Å². The molecule has 0 saturated heterocycles. The molecule has 0 fully saturated rings. The van der Waals surface area contributed by atoms with Crippen molar-refractivity contribution in [2.45, 2.75) is 6.92 Å². The highest BCUT2D eigenvalue weighted by Crippen LogP contribution is 2.28. The minimum absolute atomic E-state index is 0.622. The van der Waals surface area contributed by atoms with Gasteiger partial charge >= 0.3 is 0 Å². The van der Waals surface area contributed by atoms with Crippen LogP contribution in [-0.4, -0.2) is 40.0 Å². The number of halogens is 1. The number of hydrogen-bond donors (Lipinski definition) is 1. The maximum atomic E-state index is 5.64. The first-order valence-corrected chi connectivity index (χ1v) is 6.82. The van der Waals surface area contributed by atoms with Crippen molar-refractivity contribution in [3.63, 3.8) is 0 Å². The molecular weight excluding hydrogens is 298 g/mol. The van der Waals surface area contributed by atoms with E-state index in [0.717, 1.165) is 42.3 Å². The van der Waals surface area contributed by atoms with Gasteiger partial charge in [-0.25, -0.2) is 0 Å². The molecule has 0 radical (unpaired) electrons. The average molecular weight is 318 g/mol. The Kier molecular flexibility index (Phi) is 7.80. The summed E-state index contributed by atoms with van der Waals surface area (Å²) in [6, 6.07) is 5.66. The number of rotatable bonds is 9. The lowest BCUT2D eigenvalue weighted by atomic mass is 10.3. The maximum Gasteiger partial charge on any atom is 0.133 e. The zero-order valence-corrected chi connectivity index (χ0v) is 12.5. The summed E-state index contributed by atoms with van der Waals surface area (Å²) in [5.41, 5.74) is 0. The molecule has 4 nitrogen and oxygen atoms in total. The Hall–Kier alpha value is -0.780. The molecule has 1 aromatic rings. The number of nitrogens with one attached hydrogen (secondary N) is 1. The molecule has 5 heteroatoms. The molecule has 0 unspecified atom stereocenters. The van der Waals surface area contributed by atoms with Crippen LogP contribution in [0.3, 0.4) is 0 Å². The third-order valence-corrected chi connectivity index (χ3v) is 2.92. The molecule has 0 bridgehead atoms. The Labute approximate surface area is 117 Å². The van der Waals surface area contributed by atoms with Gasteiger partial charge in [0.2, 0.25) is 0 Å². The van der Waals surface area contributed by atoms with Crippen molar-refractivity contribution in [3.05, 3.63) is 22.7 Å². The lowest BCUT2D eigenvalue weighted by molar-refractivity contribution is 0.148. The Morgan fingerprint density at radius 2 is 2.00 bits per heavy atom. The van der Waals surface area contributed by atoms with Crippen molar-refractivity contribution >= 4 is 15.9 Å². The Balaban J connectivity index is 2.19. The summed E-state index contributed by atoms with van der Waals surface area (Å²) in [6.07, 6.45) is 0. The Morgan fingerprint density at radius 3 is 2.67 bits per heavy atom. The zero-order chi connectivity index (χ0) is 13.2. The minimum atomic E-state index is 0.622. The molecule has 1 N–H and O–H groups in total. The third kappa shape index (κ3) is 5.71. The monoisotopic (exact) mass is 317 g/mol. The van der Waals surface area contributed by atoms with Gasteiger partial charge in [0.1, 0.15) is 18.1 Å². The van der Waals surface area contributed by atoms with Gasteiger partial charge in [-0.3, -0.25) is 0 Å². The van der Waals surface area contributed by atoms with Crippen LogP contribution >= 0.6 is 15.9 Å². The SMILES string of the molecule is CCOCCNCCOc1ccc(OC)cc1Br. The molecule has 0 atom stereocenters.